The number of benzene rings is 3. The lowest BCUT2D eigenvalue weighted by molar-refractivity contribution is 0.0735. The Morgan fingerprint density at radius 3 is 2.48 bits per heavy atom. The zero-order chi connectivity index (χ0) is 20.6. The molecule has 0 aliphatic carbocycles. The van der Waals surface area contributed by atoms with Gasteiger partial charge in [0, 0.05) is 10.7 Å². The van der Waals surface area contributed by atoms with E-state index < -0.39 is 5.97 Å². The number of nitrogens with one attached hydrogen (secondary N) is 2. The van der Waals surface area contributed by atoms with Crippen molar-refractivity contribution in [2.75, 3.05) is 5.32 Å². The van der Waals surface area contributed by atoms with E-state index in [0.29, 0.717) is 22.0 Å². The maximum Gasteiger partial charge on any atom is 0.343 e. The lowest BCUT2D eigenvalue weighted by Gasteiger charge is -2.06. The van der Waals surface area contributed by atoms with Gasteiger partial charge in [-0.1, -0.05) is 17.7 Å². The van der Waals surface area contributed by atoms with Crippen LogP contribution in [0.2, 0.25) is 5.02 Å². The van der Waals surface area contributed by atoms with Gasteiger partial charge in [0.1, 0.15) is 11.6 Å². The smallest absolute Gasteiger partial charge is 0.343 e. The Morgan fingerprint density at radius 1 is 1.07 bits per heavy atom. The van der Waals surface area contributed by atoms with Crippen LogP contribution >= 0.6 is 23.8 Å². The van der Waals surface area contributed by atoms with Crippen molar-refractivity contribution in [1.29, 1.82) is 0 Å². The summed E-state index contributed by atoms with van der Waals surface area (Å²) < 4.78 is 18.2. The van der Waals surface area contributed by atoms with Crippen LogP contribution < -0.4 is 15.5 Å². The van der Waals surface area contributed by atoms with E-state index in [0.717, 1.165) is 5.56 Å². The maximum absolute atomic E-state index is 12.9. The molecule has 29 heavy (non-hydrogen) atoms. The number of anilines is 1. The molecule has 0 fully saturated rings. The monoisotopic (exact) mass is 427 g/mol. The number of thiocarbonyl (C=S) groups is 1. The molecule has 3 aromatic rings. The largest absolute Gasteiger partial charge is 0.423 e. The molecule has 3 aromatic carbocycles. The summed E-state index contributed by atoms with van der Waals surface area (Å²) in [6.45, 7) is 0. The summed E-state index contributed by atoms with van der Waals surface area (Å²) in [5.41, 5.74) is 4.45. The molecular weight excluding hydrogens is 413 g/mol. The highest BCUT2D eigenvalue weighted by Gasteiger charge is 2.08. The van der Waals surface area contributed by atoms with Crippen LogP contribution in [0.5, 0.6) is 5.75 Å². The topological polar surface area (TPSA) is 62.7 Å². The number of halogens is 2. The van der Waals surface area contributed by atoms with Gasteiger partial charge in [-0.05, 0) is 84.5 Å². The van der Waals surface area contributed by atoms with Crippen LogP contribution in [0.15, 0.2) is 77.9 Å². The maximum atomic E-state index is 12.9. The Kier molecular flexibility index (Phi) is 6.89. The molecule has 0 unspecified atom stereocenters. The lowest BCUT2D eigenvalue weighted by atomic mass is 10.2. The van der Waals surface area contributed by atoms with Crippen molar-refractivity contribution in [3.63, 3.8) is 0 Å². The Labute approximate surface area is 177 Å². The molecule has 0 atom stereocenters. The number of hydrogen-bond donors (Lipinski definition) is 2. The number of carbonyl (C=O) groups is 1. The summed E-state index contributed by atoms with van der Waals surface area (Å²) in [6.07, 6.45) is 1.56. The number of rotatable bonds is 5. The second-order valence-corrected chi connectivity index (χ2v) is 6.64. The molecule has 0 bridgehead atoms. The van der Waals surface area contributed by atoms with Gasteiger partial charge in [-0.15, -0.1) is 0 Å². The average Bonchev–Trinajstić information content (AvgIpc) is 2.71. The molecule has 0 saturated carbocycles. The molecule has 2 N–H and O–H groups in total. The van der Waals surface area contributed by atoms with E-state index in [1.165, 1.54) is 12.1 Å². The van der Waals surface area contributed by atoms with Crippen molar-refractivity contribution in [1.82, 2.24) is 5.43 Å². The van der Waals surface area contributed by atoms with Gasteiger partial charge in [-0.3, -0.25) is 5.43 Å². The average molecular weight is 428 g/mol. The molecule has 8 heteroatoms. The highest BCUT2D eigenvalue weighted by atomic mass is 35.5. The number of ether oxygens (including phenoxy) is 1. The van der Waals surface area contributed by atoms with Crippen LogP contribution in [0, 0.1) is 5.82 Å². The van der Waals surface area contributed by atoms with Crippen molar-refractivity contribution < 1.29 is 13.9 Å². The second kappa shape index (κ2) is 9.77. The van der Waals surface area contributed by atoms with Crippen molar-refractivity contribution in [3.8, 4) is 5.75 Å². The van der Waals surface area contributed by atoms with Gasteiger partial charge in [0.15, 0.2) is 5.11 Å². The molecule has 0 heterocycles. The minimum absolute atomic E-state index is 0.264. The normalized spacial score (nSPS) is 10.6. The molecule has 0 saturated heterocycles. The van der Waals surface area contributed by atoms with Crippen LogP contribution in [-0.4, -0.2) is 17.3 Å². The summed E-state index contributed by atoms with van der Waals surface area (Å²) in [5, 5.41) is 7.63. The van der Waals surface area contributed by atoms with Crippen molar-refractivity contribution in [3.05, 3.63) is 94.8 Å². The molecule has 0 aliphatic rings. The molecule has 0 aliphatic heterocycles. The van der Waals surface area contributed by atoms with Crippen molar-refractivity contribution >= 4 is 46.8 Å². The van der Waals surface area contributed by atoms with E-state index in [2.05, 4.69) is 15.8 Å². The summed E-state index contributed by atoms with van der Waals surface area (Å²) in [7, 11) is 0. The standard InChI is InChI=1S/C21H15ClFN3O2S/c22-16-3-1-2-15(12-16)20(27)28-19-10-4-14(5-11-19)13-24-26-21(29)25-18-8-6-17(23)7-9-18/h1-13H,(H2,25,26,29)/b24-13+. The fourth-order valence-electron chi connectivity index (χ4n) is 2.26. The van der Waals surface area contributed by atoms with E-state index >= 15 is 0 Å². The van der Waals surface area contributed by atoms with Gasteiger partial charge >= 0.3 is 5.97 Å². The van der Waals surface area contributed by atoms with Gasteiger partial charge in [-0.2, -0.15) is 5.10 Å². The van der Waals surface area contributed by atoms with Gasteiger partial charge in [-0.25, -0.2) is 9.18 Å². The van der Waals surface area contributed by atoms with E-state index in [-0.39, 0.29) is 10.9 Å². The third-order valence-electron chi connectivity index (χ3n) is 3.63. The third-order valence-corrected chi connectivity index (χ3v) is 4.06. The SMILES string of the molecule is O=C(Oc1ccc(/C=N/NC(=S)Nc2ccc(F)cc2)cc1)c1cccc(Cl)c1. The zero-order valence-corrected chi connectivity index (χ0v) is 16.5. The first-order valence-electron chi connectivity index (χ1n) is 8.43. The summed E-state index contributed by atoms with van der Waals surface area (Å²) in [6, 6.07) is 19.1. The molecule has 5 nitrogen and oxygen atoms in total. The van der Waals surface area contributed by atoms with Crippen LogP contribution in [0.1, 0.15) is 15.9 Å². The molecular formula is C21H15ClFN3O2S. The number of esters is 1. The third kappa shape index (κ3) is 6.38. The first kappa shape index (κ1) is 20.4. The summed E-state index contributed by atoms with van der Waals surface area (Å²) in [4.78, 5) is 12.1. The fraction of sp³-hybridized carbons (Fsp3) is 0. The van der Waals surface area contributed by atoms with Crippen molar-refractivity contribution in [2.45, 2.75) is 0 Å². The summed E-state index contributed by atoms with van der Waals surface area (Å²) >= 11 is 11.0. The number of carbonyl (C=O) groups excluding carboxylic acids is 1. The predicted molar refractivity (Wildman–Crippen MR) is 116 cm³/mol. The lowest BCUT2D eigenvalue weighted by Crippen LogP contribution is -2.23. The number of hydrogen-bond acceptors (Lipinski definition) is 4. The molecule has 0 amide bonds. The van der Waals surface area contributed by atoms with Gasteiger partial charge in [0.2, 0.25) is 0 Å². The van der Waals surface area contributed by atoms with Crippen LogP contribution in [-0.2, 0) is 0 Å². The number of nitrogens with zero attached hydrogens (tertiary/aromatic N) is 1. The Balaban J connectivity index is 1.51. The van der Waals surface area contributed by atoms with Crippen molar-refractivity contribution in [2.24, 2.45) is 5.10 Å². The molecule has 0 aromatic heterocycles. The van der Waals surface area contributed by atoms with E-state index in [1.807, 2.05) is 0 Å². The zero-order valence-electron chi connectivity index (χ0n) is 14.9. The van der Waals surface area contributed by atoms with Gasteiger partial charge in [0.05, 0.1) is 11.8 Å². The Bertz CT molecular complexity index is 1040. The fourth-order valence-corrected chi connectivity index (χ4v) is 2.62. The molecule has 146 valence electrons. The van der Waals surface area contributed by atoms with Gasteiger partial charge < -0.3 is 10.1 Å². The molecule has 3 rings (SSSR count). The van der Waals surface area contributed by atoms with Gasteiger partial charge in [0.25, 0.3) is 0 Å². The van der Waals surface area contributed by atoms with E-state index in [1.54, 1.807) is 66.9 Å². The quantitative estimate of drug-likeness (QED) is 0.197. The first-order chi connectivity index (χ1) is 14.0. The highest BCUT2D eigenvalue weighted by molar-refractivity contribution is 7.80. The molecule has 0 radical (unpaired) electrons. The van der Waals surface area contributed by atoms with Crippen LogP contribution in [0.4, 0.5) is 10.1 Å². The first-order valence-corrected chi connectivity index (χ1v) is 9.22. The number of hydrazone groups is 1. The summed E-state index contributed by atoms with van der Waals surface area (Å²) in [5.74, 6) is -0.421. The second-order valence-electron chi connectivity index (χ2n) is 5.80. The highest BCUT2D eigenvalue weighted by Crippen LogP contribution is 2.16. The van der Waals surface area contributed by atoms with E-state index in [9.17, 15) is 9.18 Å². The van der Waals surface area contributed by atoms with Crippen LogP contribution in [0.25, 0.3) is 0 Å². The van der Waals surface area contributed by atoms with E-state index in [4.69, 9.17) is 28.6 Å². The predicted octanol–water partition coefficient (Wildman–Crippen LogP) is 5.02. The Hall–Kier alpha value is -3.29. The minimum atomic E-state index is -0.493. The Morgan fingerprint density at radius 2 is 1.79 bits per heavy atom. The molecule has 0 spiro atoms. The minimum Gasteiger partial charge on any atom is -0.423 e. The van der Waals surface area contributed by atoms with Crippen LogP contribution in [0.3, 0.4) is 0 Å².